The van der Waals surface area contributed by atoms with Crippen LogP contribution in [0.25, 0.3) is 44.3 Å². The summed E-state index contributed by atoms with van der Waals surface area (Å²) in [5.74, 6) is 0.509. The molecule has 0 unspecified atom stereocenters. The van der Waals surface area contributed by atoms with E-state index in [0.29, 0.717) is 33.2 Å². The number of hydrogen-bond donors (Lipinski definition) is 0. The number of halogens is 3. The van der Waals surface area contributed by atoms with Crippen LogP contribution in [0.2, 0.25) is 0 Å². The maximum atomic E-state index is 13.8. The Kier molecular flexibility index (Phi) is 5.49. The minimum atomic E-state index is -5.09. The third kappa shape index (κ3) is 4.50. The number of aromatic nitrogens is 1. The second-order valence-corrected chi connectivity index (χ2v) is 9.67. The van der Waals surface area contributed by atoms with Crippen LogP contribution in [0.5, 0.6) is 0 Å². The lowest BCUT2D eigenvalue weighted by Crippen LogP contribution is -2.11. The van der Waals surface area contributed by atoms with Gasteiger partial charge < -0.3 is 4.42 Å². The van der Waals surface area contributed by atoms with E-state index < -0.39 is 18.1 Å². The molecule has 3 aromatic carbocycles. The highest BCUT2D eigenvalue weighted by atomic mass is 19.4. The van der Waals surface area contributed by atoms with Gasteiger partial charge in [0.25, 0.3) is 0 Å². The smallest absolute Gasteiger partial charge is 0.393 e. The summed E-state index contributed by atoms with van der Waals surface area (Å²) in [7, 11) is 0. The molecule has 5 heteroatoms. The van der Waals surface area contributed by atoms with Gasteiger partial charge in [0.1, 0.15) is 11.2 Å². The molecule has 0 amide bonds. The first kappa shape index (κ1) is 21.7. The summed E-state index contributed by atoms with van der Waals surface area (Å²) in [6.45, 7) is 8.52. The topological polar surface area (TPSA) is 26.0 Å². The molecule has 2 heterocycles. The van der Waals surface area contributed by atoms with E-state index in [1.807, 2.05) is 12.1 Å². The fourth-order valence-electron chi connectivity index (χ4n) is 4.87. The van der Waals surface area contributed by atoms with Crippen LogP contribution in [0.15, 0.2) is 77.3 Å². The maximum absolute atomic E-state index is 13.8. The first-order valence-electron chi connectivity index (χ1n) is 13.0. The highest BCUT2D eigenvalue weighted by molar-refractivity contribution is 6.09. The van der Waals surface area contributed by atoms with E-state index >= 15 is 0 Å². The van der Waals surface area contributed by atoms with Crippen molar-refractivity contribution in [3.05, 3.63) is 89.6 Å². The van der Waals surface area contributed by atoms with E-state index in [9.17, 15) is 13.2 Å². The van der Waals surface area contributed by atoms with E-state index in [4.69, 9.17) is 7.16 Å². The Labute approximate surface area is 211 Å². The number of fused-ring (bicyclic) bond motifs is 3. The molecule has 0 fully saturated rings. The van der Waals surface area contributed by atoms with Crippen molar-refractivity contribution >= 4 is 21.9 Å². The van der Waals surface area contributed by atoms with E-state index in [1.165, 1.54) is 23.3 Å². The van der Waals surface area contributed by atoms with Crippen molar-refractivity contribution in [2.75, 3.05) is 0 Å². The highest BCUT2D eigenvalue weighted by Crippen LogP contribution is 2.40. The van der Waals surface area contributed by atoms with Crippen LogP contribution in [0.1, 0.15) is 59.0 Å². The zero-order valence-corrected chi connectivity index (χ0v) is 20.6. The minimum absolute atomic E-state index is 0.254. The number of benzene rings is 3. The first-order chi connectivity index (χ1) is 17.9. The Morgan fingerprint density at radius 3 is 2.22 bits per heavy atom. The Bertz CT molecular complexity index is 1620. The summed E-state index contributed by atoms with van der Waals surface area (Å²) in [6.07, 6.45) is -7.00. The summed E-state index contributed by atoms with van der Waals surface area (Å²) in [6, 6.07) is 19.6. The molecule has 0 N–H and O–H groups in total. The Balaban J connectivity index is 1.82. The molecule has 5 rings (SSSR count). The zero-order valence-electron chi connectivity index (χ0n) is 22.6. The predicted octanol–water partition coefficient (Wildman–Crippen LogP) is 9.67. The molecule has 0 aliphatic rings. The molecule has 0 saturated carbocycles. The maximum Gasteiger partial charge on any atom is 0.393 e. The lowest BCUT2D eigenvalue weighted by molar-refractivity contribution is -0.127. The number of nitrogens with zero attached hydrogens (tertiary/aromatic N) is 1. The van der Waals surface area contributed by atoms with Gasteiger partial charge in [-0.05, 0) is 70.0 Å². The summed E-state index contributed by atoms with van der Waals surface area (Å²) in [5.41, 5.74) is 5.46. The van der Waals surface area contributed by atoms with Crippen LogP contribution in [0, 0.1) is 0 Å². The number of rotatable bonds is 5. The molecule has 0 aliphatic carbocycles. The van der Waals surface area contributed by atoms with Crippen molar-refractivity contribution in [1.82, 2.24) is 4.98 Å². The van der Waals surface area contributed by atoms with Crippen molar-refractivity contribution in [2.45, 2.75) is 52.1 Å². The van der Waals surface area contributed by atoms with Crippen LogP contribution >= 0.6 is 0 Å². The van der Waals surface area contributed by atoms with Gasteiger partial charge in [-0.1, -0.05) is 64.1 Å². The summed E-state index contributed by atoms with van der Waals surface area (Å²) in [4.78, 5) is 4.53. The Morgan fingerprint density at radius 2 is 1.56 bits per heavy atom. The van der Waals surface area contributed by atoms with Gasteiger partial charge in [0.05, 0.1) is 12.1 Å². The molecule has 36 heavy (non-hydrogen) atoms. The molecule has 5 aromatic rings. The quantitative estimate of drug-likeness (QED) is 0.246. The molecule has 2 aromatic heterocycles. The normalized spacial score (nSPS) is 13.6. The molecule has 0 radical (unpaired) electrons. The minimum Gasteiger partial charge on any atom is -0.455 e. The molecular formula is C31H28F3NO. The van der Waals surface area contributed by atoms with Gasteiger partial charge in [0.2, 0.25) is 0 Å². The SMILES string of the molecule is [2H]C([2H])(c1cc(-c2cc(-c3c(C(C)C)cccc3C(C)C)ccn2)c2oc3ccccc3c2c1)C(F)(F)F. The van der Waals surface area contributed by atoms with Crippen molar-refractivity contribution in [3.63, 3.8) is 0 Å². The summed E-state index contributed by atoms with van der Waals surface area (Å²) < 4.78 is 63.4. The van der Waals surface area contributed by atoms with E-state index in [1.54, 1.807) is 30.5 Å². The van der Waals surface area contributed by atoms with E-state index in [2.05, 4.69) is 50.9 Å². The van der Waals surface area contributed by atoms with E-state index in [0.717, 1.165) is 11.1 Å². The standard InChI is InChI=1S/C31H28F3NO/c1-18(2)22-9-7-10-23(19(3)4)29(22)21-12-13-35-27(16-21)26-15-20(17-31(32,33)34)14-25-24-8-5-6-11-28(24)36-30(25)26/h5-16,18-19H,17H2,1-4H3/i17D2. The number of furan rings is 1. The molecule has 2 nitrogen and oxygen atoms in total. The van der Waals surface area contributed by atoms with Gasteiger partial charge in [-0.15, -0.1) is 0 Å². The molecule has 0 saturated heterocycles. The lowest BCUT2D eigenvalue weighted by atomic mass is 9.85. The Morgan fingerprint density at radius 1 is 0.861 bits per heavy atom. The molecule has 0 bridgehead atoms. The van der Waals surface area contributed by atoms with Crippen LogP contribution in [0.3, 0.4) is 0 Å². The van der Waals surface area contributed by atoms with E-state index in [-0.39, 0.29) is 11.8 Å². The third-order valence-corrected chi connectivity index (χ3v) is 6.46. The number of alkyl halides is 3. The van der Waals surface area contributed by atoms with Gasteiger partial charge in [-0.25, -0.2) is 0 Å². The van der Waals surface area contributed by atoms with Crippen LogP contribution in [-0.2, 0) is 6.37 Å². The van der Waals surface area contributed by atoms with Gasteiger partial charge in [0, 0.05) is 25.3 Å². The monoisotopic (exact) mass is 489 g/mol. The van der Waals surface area contributed by atoms with Crippen LogP contribution in [-0.4, -0.2) is 11.2 Å². The summed E-state index contributed by atoms with van der Waals surface area (Å²) in [5, 5.41) is 1.03. The molecule has 184 valence electrons. The first-order valence-corrected chi connectivity index (χ1v) is 12.0. The lowest BCUT2D eigenvalue weighted by Gasteiger charge is -2.20. The average Bonchev–Trinajstić information content (AvgIpc) is 3.25. The second kappa shape index (κ2) is 9.12. The summed E-state index contributed by atoms with van der Waals surface area (Å²) >= 11 is 0. The zero-order chi connectivity index (χ0) is 27.4. The second-order valence-electron chi connectivity index (χ2n) is 9.67. The predicted molar refractivity (Wildman–Crippen MR) is 140 cm³/mol. The number of para-hydroxylation sites is 1. The average molecular weight is 490 g/mol. The fourth-order valence-corrected chi connectivity index (χ4v) is 4.87. The highest BCUT2D eigenvalue weighted by Gasteiger charge is 2.29. The largest absolute Gasteiger partial charge is 0.455 e. The Hall–Kier alpha value is -3.60. The van der Waals surface area contributed by atoms with Gasteiger partial charge in [-0.3, -0.25) is 4.98 Å². The van der Waals surface area contributed by atoms with Crippen LogP contribution < -0.4 is 0 Å². The molecule has 0 atom stereocenters. The third-order valence-electron chi connectivity index (χ3n) is 6.46. The molecule has 0 spiro atoms. The van der Waals surface area contributed by atoms with Crippen molar-refractivity contribution in [2.24, 2.45) is 0 Å². The van der Waals surface area contributed by atoms with Gasteiger partial charge >= 0.3 is 6.18 Å². The van der Waals surface area contributed by atoms with Gasteiger partial charge in [0.15, 0.2) is 0 Å². The van der Waals surface area contributed by atoms with Crippen molar-refractivity contribution in [3.8, 4) is 22.4 Å². The van der Waals surface area contributed by atoms with Gasteiger partial charge in [-0.2, -0.15) is 13.2 Å². The number of pyridine rings is 1. The van der Waals surface area contributed by atoms with Crippen molar-refractivity contribution in [1.29, 1.82) is 0 Å². The fraction of sp³-hybridized carbons (Fsp3) is 0.258. The molecule has 0 aliphatic heterocycles. The van der Waals surface area contributed by atoms with Crippen LogP contribution in [0.4, 0.5) is 13.2 Å². The number of hydrogen-bond acceptors (Lipinski definition) is 2. The molecular weight excluding hydrogens is 459 g/mol. The van der Waals surface area contributed by atoms with Crippen molar-refractivity contribution < 1.29 is 20.3 Å².